The Morgan fingerprint density at radius 2 is 1.22 bits per heavy atom. The van der Waals surface area contributed by atoms with Gasteiger partial charge in [-0.2, -0.15) is 0 Å². The fourth-order valence-corrected chi connectivity index (χ4v) is 5.93. The zero-order valence-corrected chi connectivity index (χ0v) is 33.3. The number of nitrogens with zero attached hydrogens (tertiary/aromatic N) is 1. The second-order valence-electron chi connectivity index (χ2n) is 14.4. The molecule has 1 aromatic carbocycles. The second-order valence-corrected chi connectivity index (χ2v) is 14.4. The number of H-pyrrole nitrogens is 1. The summed E-state index contributed by atoms with van der Waals surface area (Å²) in [5, 5.41) is 41.1. The zero-order chi connectivity index (χ0) is 45.1. The number of benzene rings is 1. The molecule has 23 nitrogen and oxygen atoms in total. The van der Waals surface area contributed by atoms with Crippen LogP contribution in [0, 0.1) is 5.92 Å². The number of carboxylic acids is 3. The van der Waals surface area contributed by atoms with Crippen molar-refractivity contribution in [1.82, 2.24) is 31.6 Å². The van der Waals surface area contributed by atoms with Crippen LogP contribution in [0.1, 0.15) is 70.8 Å². The van der Waals surface area contributed by atoms with E-state index in [2.05, 4.69) is 36.6 Å². The minimum atomic E-state index is -1.61. The second kappa shape index (κ2) is 24.2. The molecule has 0 saturated heterocycles. The first-order chi connectivity index (χ1) is 28.2. The molecule has 0 aliphatic rings. The number of hydrogen-bond donors (Lipinski definition) is 13. The van der Waals surface area contributed by atoms with Crippen molar-refractivity contribution in [3.05, 3.63) is 36.0 Å². The standard InChI is InChI=1S/C37H55N11O12/c1-18(2)14-26(34(57)44-23(8-5-13-42-37(40)41)32(55)46-25(36(59)60)9-11-28(39)49)48-33(56)24(10-12-29(50)51)45-35(58)27(47-31(54)21(38)16-30(52)53)15-19-17-43-22-7-4-3-6-20(19)22/h3-4,6-7,17-18,21,23-27,43H,5,8-16,38H2,1-2H3,(H2,39,49)(H,44,57)(H,45,58)(H,46,55)(H,47,54)(H,48,56)(H,50,51)(H,52,53)(H,59,60)(H4,40,41,42)/t21-,23-,24-,25-,26-,27-/m0/s1. The molecule has 23 heteroatoms. The smallest absolute Gasteiger partial charge is 0.326 e. The lowest BCUT2D eigenvalue weighted by Crippen LogP contribution is -2.59. The number of aromatic nitrogens is 1. The van der Waals surface area contributed by atoms with Gasteiger partial charge in [0.25, 0.3) is 0 Å². The highest BCUT2D eigenvalue weighted by atomic mass is 16.4. The quantitative estimate of drug-likeness (QED) is 0.0246. The van der Waals surface area contributed by atoms with Crippen LogP contribution in [0.4, 0.5) is 0 Å². The number of aliphatic carboxylic acids is 3. The summed E-state index contributed by atoms with van der Waals surface area (Å²) in [5.74, 6) is -10.3. The Labute approximate surface area is 344 Å². The average molecular weight is 846 g/mol. The van der Waals surface area contributed by atoms with Gasteiger partial charge in [-0.25, -0.2) is 4.79 Å². The van der Waals surface area contributed by atoms with E-state index < -0.39 is 109 Å². The number of nitrogens with two attached hydrogens (primary N) is 4. The maximum Gasteiger partial charge on any atom is 0.326 e. The van der Waals surface area contributed by atoms with Crippen molar-refractivity contribution in [2.24, 2.45) is 33.8 Å². The van der Waals surface area contributed by atoms with E-state index >= 15 is 0 Å². The van der Waals surface area contributed by atoms with Gasteiger partial charge in [0, 0.05) is 42.9 Å². The number of para-hydroxylation sites is 1. The predicted octanol–water partition coefficient (Wildman–Crippen LogP) is -2.75. The molecule has 0 aliphatic heterocycles. The third kappa shape index (κ3) is 17.4. The highest BCUT2D eigenvalue weighted by Gasteiger charge is 2.34. The molecule has 0 spiro atoms. The van der Waals surface area contributed by atoms with Crippen LogP contribution in [0.2, 0.25) is 0 Å². The van der Waals surface area contributed by atoms with Crippen LogP contribution in [0.25, 0.3) is 10.9 Å². The number of carboxylic acid groups (broad SMARTS) is 3. The van der Waals surface area contributed by atoms with Crippen molar-refractivity contribution in [2.45, 2.75) is 108 Å². The lowest BCUT2D eigenvalue weighted by Gasteiger charge is -2.27. The summed E-state index contributed by atoms with van der Waals surface area (Å²) in [6.45, 7) is 3.47. The molecule has 1 heterocycles. The largest absolute Gasteiger partial charge is 0.481 e. The molecule has 330 valence electrons. The van der Waals surface area contributed by atoms with Crippen molar-refractivity contribution < 1.29 is 58.5 Å². The van der Waals surface area contributed by atoms with Crippen molar-refractivity contribution in [2.75, 3.05) is 6.54 Å². The fourth-order valence-electron chi connectivity index (χ4n) is 5.93. The first-order valence-corrected chi connectivity index (χ1v) is 19.0. The first-order valence-electron chi connectivity index (χ1n) is 19.0. The summed E-state index contributed by atoms with van der Waals surface area (Å²) in [7, 11) is 0. The molecule has 60 heavy (non-hydrogen) atoms. The highest BCUT2D eigenvalue weighted by molar-refractivity contribution is 5.97. The Morgan fingerprint density at radius 1 is 0.683 bits per heavy atom. The van der Waals surface area contributed by atoms with Crippen molar-refractivity contribution in [3.63, 3.8) is 0 Å². The molecule has 0 bridgehead atoms. The zero-order valence-electron chi connectivity index (χ0n) is 33.3. The number of primary amides is 1. The van der Waals surface area contributed by atoms with Crippen LogP contribution < -0.4 is 49.5 Å². The van der Waals surface area contributed by atoms with Gasteiger partial charge in [0.05, 0.1) is 12.5 Å². The summed E-state index contributed by atoms with van der Waals surface area (Å²) < 4.78 is 0. The van der Waals surface area contributed by atoms with Crippen LogP contribution in [0.3, 0.4) is 0 Å². The van der Waals surface area contributed by atoms with E-state index in [1.165, 1.54) is 0 Å². The van der Waals surface area contributed by atoms with Crippen LogP contribution >= 0.6 is 0 Å². The number of aliphatic imine (C=N–C) groups is 1. The van der Waals surface area contributed by atoms with E-state index in [-0.39, 0.29) is 56.9 Å². The SMILES string of the molecule is CC(C)C[C@H](NC(=O)[C@H](CCC(=O)O)NC(=O)[C@H](Cc1c[nH]c2ccccc12)NC(=O)[C@@H](N)CC(=O)O)C(=O)N[C@@H](CCCN=C(N)N)C(=O)N[C@@H](CCC(N)=O)C(=O)O. The molecular weight excluding hydrogens is 790 g/mol. The molecule has 17 N–H and O–H groups in total. The van der Waals surface area contributed by atoms with Gasteiger partial charge in [0.2, 0.25) is 35.4 Å². The van der Waals surface area contributed by atoms with Gasteiger partial charge in [0.1, 0.15) is 30.2 Å². The van der Waals surface area contributed by atoms with E-state index in [0.29, 0.717) is 16.5 Å². The van der Waals surface area contributed by atoms with Gasteiger partial charge >= 0.3 is 17.9 Å². The molecule has 0 unspecified atom stereocenters. The van der Waals surface area contributed by atoms with Crippen LogP contribution in [-0.4, -0.2) is 122 Å². The fraction of sp³-hybridized carbons (Fsp3) is 0.514. The highest BCUT2D eigenvalue weighted by Crippen LogP contribution is 2.20. The third-order valence-corrected chi connectivity index (χ3v) is 8.96. The number of carbonyl (C=O) groups excluding carboxylic acids is 6. The lowest BCUT2D eigenvalue weighted by molar-refractivity contribution is -0.143. The average Bonchev–Trinajstić information content (AvgIpc) is 3.56. The lowest BCUT2D eigenvalue weighted by atomic mass is 10.00. The number of guanidine groups is 1. The van der Waals surface area contributed by atoms with Gasteiger partial charge in [-0.3, -0.25) is 43.3 Å². The first kappa shape index (κ1) is 49.4. The van der Waals surface area contributed by atoms with E-state index in [1.54, 1.807) is 44.3 Å². The van der Waals surface area contributed by atoms with Gasteiger partial charge in [-0.05, 0) is 49.7 Å². The van der Waals surface area contributed by atoms with Crippen LogP contribution in [-0.2, 0) is 49.6 Å². The topological polar surface area (TPSA) is 407 Å². The number of fused-ring (bicyclic) bond motifs is 1. The molecule has 2 aromatic rings. The van der Waals surface area contributed by atoms with Crippen LogP contribution in [0.15, 0.2) is 35.5 Å². The van der Waals surface area contributed by atoms with Gasteiger partial charge < -0.3 is 69.8 Å². The number of aromatic amines is 1. The van der Waals surface area contributed by atoms with Crippen LogP contribution in [0.5, 0.6) is 0 Å². The number of carbonyl (C=O) groups is 9. The van der Waals surface area contributed by atoms with E-state index in [1.807, 2.05) is 0 Å². The molecule has 0 fully saturated rings. The van der Waals surface area contributed by atoms with E-state index in [4.69, 9.17) is 28.0 Å². The summed E-state index contributed by atoms with van der Waals surface area (Å²) >= 11 is 0. The summed E-state index contributed by atoms with van der Waals surface area (Å²) in [4.78, 5) is 121. The van der Waals surface area contributed by atoms with Gasteiger partial charge in [-0.1, -0.05) is 32.0 Å². The normalized spacial score (nSPS) is 14.0. The van der Waals surface area contributed by atoms with E-state index in [0.717, 1.165) is 0 Å². The molecule has 0 radical (unpaired) electrons. The minimum absolute atomic E-state index is 0.0242. The molecule has 1 aromatic heterocycles. The Morgan fingerprint density at radius 3 is 1.78 bits per heavy atom. The minimum Gasteiger partial charge on any atom is -0.481 e. The van der Waals surface area contributed by atoms with Crippen molar-refractivity contribution >= 4 is 70.2 Å². The van der Waals surface area contributed by atoms with Gasteiger partial charge in [-0.15, -0.1) is 0 Å². The Bertz CT molecular complexity index is 1900. The number of amides is 6. The summed E-state index contributed by atoms with van der Waals surface area (Å²) in [5.41, 5.74) is 22.9. The molecule has 0 aliphatic carbocycles. The number of hydrogen-bond acceptors (Lipinski definition) is 11. The predicted molar refractivity (Wildman–Crippen MR) is 214 cm³/mol. The van der Waals surface area contributed by atoms with Gasteiger partial charge in [0.15, 0.2) is 5.96 Å². The van der Waals surface area contributed by atoms with Crippen molar-refractivity contribution in [1.29, 1.82) is 0 Å². The monoisotopic (exact) mass is 845 g/mol. The molecule has 6 atom stereocenters. The molecule has 0 saturated carbocycles. The Balaban J connectivity index is 2.42. The Kier molecular flexibility index (Phi) is 19.9. The molecular formula is C37H55N11O12. The maximum atomic E-state index is 13.9. The van der Waals surface area contributed by atoms with Crippen molar-refractivity contribution in [3.8, 4) is 0 Å². The third-order valence-electron chi connectivity index (χ3n) is 8.96. The summed E-state index contributed by atoms with van der Waals surface area (Å²) in [6, 6.07) is -1.93. The van der Waals surface area contributed by atoms with E-state index in [9.17, 15) is 53.4 Å². The maximum absolute atomic E-state index is 13.9. The number of rotatable bonds is 27. The summed E-state index contributed by atoms with van der Waals surface area (Å²) in [6.07, 6.45) is -1.18. The Hall–Kier alpha value is -6.78. The molecule has 2 rings (SSSR count). The molecule has 6 amide bonds. The number of nitrogens with one attached hydrogen (secondary N) is 6.